The molecule has 0 saturated heterocycles. The van der Waals surface area contributed by atoms with Crippen LogP contribution in [0.1, 0.15) is 38.8 Å². The molecule has 0 aliphatic rings. The van der Waals surface area contributed by atoms with Crippen molar-refractivity contribution in [2.24, 2.45) is 0 Å². The Morgan fingerprint density at radius 3 is 2.44 bits per heavy atom. The Hall–Kier alpha value is -1.35. The molecule has 0 fully saturated rings. The van der Waals surface area contributed by atoms with E-state index in [0.717, 1.165) is 6.54 Å². The lowest BCUT2D eigenvalue weighted by atomic mass is 10.1. The molecule has 0 saturated carbocycles. The van der Waals surface area contributed by atoms with Crippen molar-refractivity contribution in [1.82, 2.24) is 10.2 Å². The van der Waals surface area contributed by atoms with Gasteiger partial charge in [-0.05, 0) is 26.0 Å². The van der Waals surface area contributed by atoms with E-state index in [1.54, 1.807) is 0 Å². The van der Waals surface area contributed by atoms with Crippen LogP contribution in [-0.2, 0) is 4.79 Å². The number of carbonyl (C=O) groups excluding carboxylic acids is 1. The molecule has 100 valence electrons. The van der Waals surface area contributed by atoms with Gasteiger partial charge in [-0.3, -0.25) is 4.79 Å². The van der Waals surface area contributed by atoms with Gasteiger partial charge < -0.3 is 10.2 Å². The van der Waals surface area contributed by atoms with E-state index in [1.807, 2.05) is 37.1 Å². The number of amides is 1. The second-order valence-corrected chi connectivity index (χ2v) is 4.75. The maximum atomic E-state index is 12.1. The fourth-order valence-corrected chi connectivity index (χ4v) is 2.00. The Balaban J connectivity index is 2.58. The number of rotatable bonds is 6. The summed E-state index contributed by atoms with van der Waals surface area (Å²) >= 11 is 0. The summed E-state index contributed by atoms with van der Waals surface area (Å²) in [6.45, 7) is 7.05. The summed E-state index contributed by atoms with van der Waals surface area (Å²) in [7, 11) is 1.87. The zero-order valence-electron chi connectivity index (χ0n) is 11.8. The Morgan fingerprint density at radius 2 is 1.89 bits per heavy atom. The Bertz CT molecular complexity index is 364. The van der Waals surface area contributed by atoms with E-state index in [9.17, 15) is 4.79 Å². The number of nitrogens with one attached hydrogen (secondary N) is 1. The summed E-state index contributed by atoms with van der Waals surface area (Å²) in [4.78, 5) is 14.0. The van der Waals surface area contributed by atoms with E-state index in [-0.39, 0.29) is 18.0 Å². The highest BCUT2D eigenvalue weighted by Crippen LogP contribution is 2.19. The normalized spacial score (nSPS) is 14.0. The van der Waals surface area contributed by atoms with Crippen LogP contribution in [0.15, 0.2) is 30.3 Å². The second kappa shape index (κ2) is 7.17. The topological polar surface area (TPSA) is 32.3 Å². The van der Waals surface area contributed by atoms with Gasteiger partial charge in [-0.25, -0.2) is 0 Å². The number of nitrogens with zero attached hydrogens (tertiary/aromatic N) is 1. The molecule has 1 N–H and O–H groups in total. The standard InChI is InChI=1S/C15H24N2O/c1-5-16-12(2)11-15(18)17(4)13(3)14-9-7-6-8-10-14/h6-10,12-13,16H,5,11H2,1-4H3. The minimum atomic E-state index is 0.118. The van der Waals surface area contributed by atoms with Crippen molar-refractivity contribution in [2.75, 3.05) is 13.6 Å². The first-order valence-corrected chi connectivity index (χ1v) is 6.60. The number of hydrogen-bond donors (Lipinski definition) is 1. The highest BCUT2D eigenvalue weighted by atomic mass is 16.2. The molecule has 0 aliphatic heterocycles. The highest BCUT2D eigenvalue weighted by molar-refractivity contribution is 5.77. The van der Waals surface area contributed by atoms with Crippen LogP contribution in [0.2, 0.25) is 0 Å². The maximum absolute atomic E-state index is 12.1. The van der Waals surface area contributed by atoms with Gasteiger partial charge >= 0.3 is 0 Å². The Kier molecular flexibility index (Phi) is 5.86. The van der Waals surface area contributed by atoms with Gasteiger partial charge in [0.1, 0.15) is 0 Å². The molecule has 0 aliphatic carbocycles. The third kappa shape index (κ3) is 4.15. The molecular formula is C15H24N2O. The zero-order chi connectivity index (χ0) is 13.5. The predicted octanol–water partition coefficient (Wildman–Crippen LogP) is 2.59. The molecule has 0 radical (unpaired) electrons. The summed E-state index contributed by atoms with van der Waals surface area (Å²) in [6.07, 6.45) is 0.543. The molecule has 18 heavy (non-hydrogen) atoms. The van der Waals surface area contributed by atoms with Crippen LogP contribution in [0.5, 0.6) is 0 Å². The molecule has 0 aromatic heterocycles. The van der Waals surface area contributed by atoms with Crippen LogP contribution in [0.3, 0.4) is 0 Å². The summed E-state index contributed by atoms with van der Waals surface area (Å²) in [5, 5.41) is 3.26. The summed E-state index contributed by atoms with van der Waals surface area (Å²) < 4.78 is 0. The quantitative estimate of drug-likeness (QED) is 0.839. The minimum absolute atomic E-state index is 0.118. The van der Waals surface area contributed by atoms with Crippen LogP contribution >= 0.6 is 0 Å². The van der Waals surface area contributed by atoms with Crippen LogP contribution in [-0.4, -0.2) is 30.4 Å². The molecule has 1 aromatic rings. The van der Waals surface area contributed by atoms with Crippen molar-refractivity contribution in [3.63, 3.8) is 0 Å². The average Bonchev–Trinajstić information content (AvgIpc) is 2.38. The van der Waals surface area contributed by atoms with Crippen LogP contribution in [0.25, 0.3) is 0 Å². The molecule has 1 amide bonds. The molecule has 3 heteroatoms. The van der Waals surface area contributed by atoms with Crippen molar-refractivity contribution in [2.45, 2.75) is 39.3 Å². The Labute approximate surface area is 110 Å². The first-order valence-electron chi connectivity index (χ1n) is 6.60. The van der Waals surface area contributed by atoms with Gasteiger partial charge in [-0.2, -0.15) is 0 Å². The molecule has 0 bridgehead atoms. The Morgan fingerprint density at radius 1 is 1.28 bits per heavy atom. The van der Waals surface area contributed by atoms with E-state index in [4.69, 9.17) is 0 Å². The molecule has 1 rings (SSSR count). The number of benzene rings is 1. The average molecular weight is 248 g/mol. The minimum Gasteiger partial charge on any atom is -0.339 e. The molecule has 1 aromatic carbocycles. The third-order valence-electron chi connectivity index (χ3n) is 3.29. The van der Waals surface area contributed by atoms with Crippen LogP contribution < -0.4 is 5.32 Å². The van der Waals surface area contributed by atoms with Gasteiger partial charge in [0.05, 0.1) is 6.04 Å². The molecule has 2 unspecified atom stereocenters. The van der Waals surface area contributed by atoms with E-state index in [0.29, 0.717) is 6.42 Å². The summed E-state index contributed by atoms with van der Waals surface area (Å²) in [5.41, 5.74) is 1.17. The van der Waals surface area contributed by atoms with Crippen LogP contribution in [0, 0.1) is 0 Å². The van der Waals surface area contributed by atoms with Gasteiger partial charge in [-0.1, -0.05) is 37.3 Å². The van der Waals surface area contributed by atoms with Crippen molar-refractivity contribution in [3.05, 3.63) is 35.9 Å². The maximum Gasteiger partial charge on any atom is 0.224 e. The van der Waals surface area contributed by atoms with Gasteiger partial charge in [0.25, 0.3) is 0 Å². The van der Waals surface area contributed by atoms with Crippen molar-refractivity contribution < 1.29 is 4.79 Å². The lowest BCUT2D eigenvalue weighted by Gasteiger charge is -2.26. The van der Waals surface area contributed by atoms with Crippen LogP contribution in [0.4, 0.5) is 0 Å². The van der Waals surface area contributed by atoms with E-state index in [2.05, 4.69) is 31.3 Å². The fraction of sp³-hybridized carbons (Fsp3) is 0.533. The van der Waals surface area contributed by atoms with Crippen molar-refractivity contribution >= 4 is 5.91 Å². The summed E-state index contributed by atoms with van der Waals surface area (Å²) in [6, 6.07) is 10.5. The molecule has 0 spiro atoms. The highest BCUT2D eigenvalue weighted by Gasteiger charge is 2.18. The second-order valence-electron chi connectivity index (χ2n) is 4.75. The molecule has 2 atom stereocenters. The molecule has 3 nitrogen and oxygen atoms in total. The SMILES string of the molecule is CCNC(C)CC(=O)N(C)C(C)c1ccccc1. The van der Waals surface area contributed by atoms with E-state index < -0.39 is 0 Å². The van der Waals surface area contributed by atoms with Gasteiger partial charge in [0.15, 0.2) is 0 Å². The van der Waals surface area contributed by atoms with Crippen molar-refractivity contribution in [3.8, 4) is 0 Å². The van der Waals surface area contributed by atoms with E-state index in [1.165, 1.54) is 5.56 Å². The largest absolute Gasteiger partial charge is 0.339 e. The van der Waals surface area contributed by atoms with E-state index >= 15 is 0 Å². The lowest BCUT2D eigenvalue weighted by Crippen LogP contribution is -2.36. The zero-order valence-corrected chi connectivity index (χ0v) is 11.8. The lowest BCUT2D eigenvalue weighted by molar-refractivity contribution is -0.132. The smallest absolute Gasteiger partial charge is 0.224 e. The van der Waals surface area contributed by atoms with Crippen molar-refractivity contribution in [1.29, 1.82) is 0 Å². The monoisotopic (exact) mass is 248 g/mol. The third-order valence-corrected chi connectivity index (χ3v) is 3.29. The van der Waals surface area contributed by atoms with Gasteiger partial charge in [0, 0.05) is 19.5 Å². The first kappa shape index (κ1) is 14.7. The number of carbonyl (C=O) groups is 1. The fourth-order valence-electron chi connectivity index (χ4n) is 2.00. The van der Waals surface area contributed by atoms with Gasteiger partial charge in [-0.15, -0.1) is 0 Å². The van der Waals surface area contributed by atoms with Gasteiger partial charge in [0.2, 0.25) is 5.91 Å². The first-order chi connectivity index (χ1) is 8.56. The molecule has 0 heterocycles. The summed E-state index contributed by atoms with van der Waals surface area (Å²) in [5.74, 6) is 0.180. The predicted molar refractivity (Wildman–Crippen MR) is 75.4 cm³/mol. The molecular weight excluding hydrogens is 224 g/mol. The number of hydrogen-bond acceptors (Lipinski definition) is 2.